The normalized spacial score (nSPS) is 11.0. The van der Waals surface area contributed by atoms with Crippen molar-refractivity contribution in [3.63, 3.8) is 0 Å². The Morgan fingerprint density at radius 2 is 1.62 bits per heavy atom. The van der Waals surface area contributed by atoms with Gasteiger partial charge in [0.25, 0.3) is 5.91 Å². The van der Waals surface area contributed by atoms with Gasteiger partial charge in [-0.25, -0.2) is 4.98 Å². The van der Waals surface area contributed by atoms with E-state index in [4.69, 9.17) is 9.72 Å². The minimum absolute atomic E-state index is 0.103. The van der Waals surface area contributed by atoms with Crippen molar-refractivity contribution in [1.29, 1.82) is 0 Å². The number of methoxy groups -OCH3 is 1. The zero-order chi connectivity index (χ0) is 25.6. The molecule has 6 nitrogen and oxygen atoms in total. The number of nitrogens with one attached hydrogen (secondary N) is 1. The van der Waals surface area contributed by atoms with Crippen molar-refractivity contribution in [2.24, 2.45) is 0 Å². The summed E-state index contributed by atoms with van der Waals surface area (Å²) in [4.78, 5) is 21.9. The van der Waals surface area contributed by atoms with E-state index in [9.17, 15) is 4.79 Å². The minimum atomic E-state index is -0.103. The molecule has 0 saturated carbocycles. The highest BCUT2D eigenvalue weighted by atomic mass is 32.2. The molecule has 2 heterocycles. The van der Waals surface area contributed by atoms with Gasteiger partial charge in [0.2, 0.25) is 0 Å². The predicted molar refractivity (Wildman–Crippen MR) is 148 cm³/mol. The second kappa shape index (κ2) is 11.3. The van der Waals surface area contributed by atoms with E-state index >= 15 is 0 Å². The van der Waals surface area contributed by atoms with Gasteiger partial charge in [-0.15, -0.1) is 0 Å². The maximum atomic E-state index is 12.7. The number of hydrogen-bond donors (Lipinski definition) is 1. The third-order valence-corrected chi connectivity index (χ3v) is 7.22. The Labute approximate surface area is 220 Å². The highest BCUT2D eigenvalue weighted by molar-refractivity contribution is 7.98. The molecular weight excluding hydrogens is 480 g/mol. The SMILES string of the molecule is COc1ccc(CNC(=O)c2ccc(Cn3c(SCc4ccc(C)cc4)nc4ccncc43)cc2)cc1. The van der Waals surface area contributed by atoms with Crippen molar-refractivity contribution in [2.75, 3.05) is 7.11 Å². The molecule has 0 aliphatic carbocycles. The monoisotopic (exact) mass is 508 g/mol. The van der Waals surface area contributed by atoms with Gasteiger partial charge in [0.15, 0.2) is 5.16 Å². The maximum absolute atomic E-state index is 12.7. The van der Waals surface area contributed by atoms with Gasteiger partial charge in [0.1, 0.15) is 5.75 Å². The predicted octanol–water partition coefficient (Wildman–Crippen LogP) is 6.02. The van der Waals surface area contributed by atoms with Crippen LogP contribution in [0.1, 0.15) is 32.6 Å². The number of rotatable bonds is 9. The number of amides is 1. The summed E-state index contributed by atoms with van der Waals surface area (Å²) >= 11 is 1.72. The third-order valence-electron chi connectivity index (χ3n) is 6.17. The van der Waals surface area contributed by atoms with E-state index in [2.05, 4.69) is 46.1 Å². The summed E-state index contributed by atoms with van der Waals surface area (Å²) in [6.45, 7) is 3.20. The highest BCUT2D eigenvalue weighted by Crippen LogP contribution is 2.27. The number of fused-ring (bicyclic) bond motifs is 1. The van der Waals surface area contributed by atoms with Crippen LogP contribution in [-0.2, 0) is 18.8 Å². The molecule has 0 saturated heterocycles. The first-order valence-corrected chi connectivity index (χ1v) is 13.1. The molecule has 5 aromatic rings. The lowest BCUT2D eigenvalue weighted by Gasteiger charge is -2.10. The molecule has 0 aliphatic rings. The van der Waals surface area contributed by atoms with E-state index in [1.807, 2.05) is 60.8 Å². The number of benzene rings is 3. The quantitative estimate of drug-likeness (QED) is 0.247. The summed E-state index contributed by atoms with van der Waals surface area (Å²) in [5.74, 6) is 1.53. The molecule has 0 bridgehead atoms. The van der Waals surface area contributed by atoms with Crippen LogP contribution in [0.5, 0.6) is 5.75 Å². The van der Waals surface area contributed by atoms with E-state index in [-0.39, 0.29) is 5.91 Å². The number of carbonyl (C=O) groups is 1. The van der Waals surface area contributed by atoms with Crippen LogP contribution >= 0.6 is 11.8 Å². The van der Waals surface area contributed by atoms with Crippen LogP contribution in [0.2, 0.25) is 0 Å². The van der Waals surface area contributed by atoms with Crippen LogP contribution < -0.4 is 10.1 Å². The molecule has 0 radical (unpaired) electrons. The number of ether oxygens (including phenoxy) is 1. The molecule has 0 atom stereocenters. The number of thioether (sulfide) groups is 1. The molecule has 37 heavy (non-hydrogen) atoms. The van der Waals surface area contributed by atoms with Gasteiger partial charge in [-0.05, 0) is 53.9 Å². The lowest BCUT2D eigenvalue weighted by atomic mass is 10.1. The molecular formula is C30H28N4O2S. The third kappa shape index (κ3) is 6.01. The first-order chi connectivity index (χ1) is 18.1. The van der Waals surface area contributed by atoms with Gasteiger partial charge >= 0.3 is 0 Å². The Bertz CT molecular complexity index is 1490. The second-order valence-corrected chi connectivity index (χ2v) is 9.79. The van der Waals surface area contributed by atoms with Crippen LogP contribution in [0.15, 0.2) is 96.4 Å². The summed E-state index contributed by atoms with van der Waals surface area (Å²) in [6.07, 6.45) is 3.63. The smallest absolute Gasteiger partial charge is 0.251 e. The maximum Gasteiger partial charge on any atom is 0.251 e. The number of imidazole rings is 1. The van der Waals surface area contributed by atoms with Gasteiger partial charge in [-0.3, -0.25) is 9.78 Å². The second-order valence-electron chi connectivity index (χ2n) is 8.85. The molecule has 0 spiro atoms. The van der Waals surface area contributed by atoms with Crippen LogP contribution in [0.4, 0.5) is 0 Å². The van der Waals surface area contributed by atoms with Crippen molar-refractivity contribution in [1.82, 2.24) is 19.9 Å². The molecule has 2 aromatic heterocycles. The number of aryl methyl sites for hydroxylation is 1. The van der Waals surface area contributed by atoms with Crippen molar-refractivity contribution >= 4 is 28.7 Å². The van der Waals surface area contributed by atoms with Crippen molar-refractivity contribution in [2.45, 2.75) is 30.9 Å². The fourth-order valence-corrected chi connectivity index (χ4v) is 4.98. The fourth-order valence-electron chi connectivity index (χ4n) is 4.01. The Morgan fingerprint density at radius 3 is 2.35 bits per heavy atom. The molecule has 0 aliphatic heterocycles. The van der Waals surface area contributed by atoms with Crippen LogP contribution in [-0.4, -0.2) is 27.6 Å². The molecule has 1 N–H and O–H groups in total. The van der Waals surface area contributed by atoms with Crippen molar-refractivity contribution in [3.8, 4) is 5.75 Å². The summed E-state index contributed by atoms with van der Waals surface area (Å²) in [5, 5.41) is 3.93. The van der Waals surface area contributed by atoms with E-state index < -0.39 is 0 Å². The number of nitrogens with zero attached hydrogens (tertiary/aromatic N) is 3. The Hall–Kier alpha value is -4.10. The Kier molecular flexibility index (Phi) is 7.51. The topological polar surface area (TPSA) is 69.0 Å². The zero-order valence-corrected chi connectivity index (χ0v) is 21.7. The number of aromatic nitrogens is 3. The van der Waals surface area contributed by atoms with Crippen molar-refractivity contribution in [3.05, 3.63) is 119 Å². The van der Waals surface area contributed by atoms with Crippen LogP contribution in [0.3, 0.4) is 0 Å². The zero-order valence-electron chi connectivity index (χ0n) is 20.8. The Balaban J connectivity index is 1.27. The molecule has 0 fully saturated rings. The first-order valence-electron chi connectivity index (χ1n) is 12.1. The molecule has 186 valence electrons. The molecule has 5 rings (SSSR count). The van der Waals surface area contributed by atoms with Gasteiger partial charge in [-0.2, -0.15) is 0 Å². The van der Waals surface area contributed by atoms with E-state index in [1.54, 1.807) is 25.1 Å². The molecule has 0 unspecified atom stereocenters. The lowest BCUT2D eigenvalue weighted by Crippen LogP contribution is -2.22. The van der Waals surface area contributed by atoms with E-state index in [0.717, 1.165) is 38.8 Å². The Morgan fingerprint density at radius 1 is 0.919 bits per heavy atom. The van der Waals surface area contributed by atoms with Crippen LogP contribution in [0.25, 0.3) is 11.0 Å². The molecule has 1 amide bonds. The number of pyridine rings is 1. The van der Waals surface area contributed by atoms with Gasteiger partial charge in [-0.1, -0.05) is 65.9 Å². The first kappa shape index (κ1) is 24.6. The summed E-state index contributed by atoms with van der Waals surface area (Å²) < 4.78 is 7.38. The summed E-state index contributed by atoms with van der Waals surface area (Å²) in [7, 11) is 1.64. The molecule has 7 heteroatoms. The van der Waals surface area contributed by atoms with E-state index in [0.29, 0.717) is 18.7 Å². The summed E-state index contributed by atoms with van der Waals surface area (Å²) in [5.41, 5.74) is 7.17. The lowest BCUT2D eigenvalue weighted by molar-refractivity contribution is 0.0951. The molecule has 3 aromatic carbocycles. The summed E-state index contributed by atoms with van der Waals surface area (Å²) in [6, 6.07) is 25.9. The average molecular weight is 509 g/mol. The fraction of sp³-hybridized carbons (Fsp3) is 0.167. The van der Waals surface area contributed by atoms with Crippen molar-refractivity contribution < 1.29 is 9.53 Å². The standard InChI is InChI=1S/C30H28N4O2S/c1-21-3-5-24(6-4-21)20-37-30-33-27-15-16-31-18-28(27)34(30)19-23-7-11-25(12-8-23)29(35)32-17-22-9-13-26(36-2)14-10-22/h3-16,18H,17,19-20H2,1-2H3,(H,32,35). The van der Waals surface area contributed by atoms with Gasteiger partial charge < -0.3 is 14.6 Å². The largest absolute Gasteiger partial charge is 0.497 e. The highest BCUT2D eigenvalue weighted by Gasteiger charge is 2.13. The van der Waals surface area contributed by atoms with Crippen LogP contribution in [0, 0.1) is 6.92 Å². The number of carbonyl (C=O) groups excluding carboxylic acids is 1. The van der Waals surface area contributed by atoms with Gasteiger partial charge in [0, 0.05) is 24.1 Å². The minimum Gasteiger partial charge on any atom is -0.497 e. The average Bonchev–Trinajstić information content (AvgIpc) is 3.29. The van der Waals surface area contributed by atoms with E-state index in [1.165, 1.54) is 11.1 Å². The van der Waals surface area contributed by atoms with Gasteiger partial charge in [0.05, 0.1) is 30.9 Å². The number of hydrogen-bond acceptors (Lipinski definition) is 5.